The molecule has 1 atom stereocenters. The Morgan fingerprint density at radius 2 is 2.00 bits per heavy atom. The van der Waals surface area contributed by atoms with Gasteiger partial charge in [0.05, 0.1) is 18.1 Å². The number of halogens is 1. The number of aryl methyl sites for hydroxylation is 1. The highest BCUT2D eigenvalue weighted by atomic mass is 127. The molecule has 0 saturated heterocycles. The third kappa shape index (κ3) is 2.43. The van der Waals surface area contributed by atoms with Gasteiger partial charge in [0, 0.05) is 5.39 Å². The molecule has 0 N–H and O–H groups in total. The van der Waals surface area contributed by atoms with Gasteiger partial charge in [-0.15, -0.1) is 0 Å². The van der Waals surface area contributed by atoms with Gasteiger partial charge in [0.15, 0.2) is 0 Å². The molecule has 1 unspecified atom stereocenters. The first-order valence-corrected chi connectivity index (χ1v) is 9.31. The molecule has 5 heteroatoms. The third-order valence-corrected chi connectivity index (χ3v) is 4.41. The second kappa shape index (κ2) is 6.01. The summed E-state index contributed by atoms with van der Waals surface area (Å²) >= 11 is 2.32. The summed E-state index contributed by atoms with van der Waals surface area (Å²) in [6, 6.07) is 2.15. The molecule has 16 heavy (non-hydrogen) atoms. The Hall–Kier alpha value is -0.0851. The molecule has 1 heterocycles. The molecule has 0 fully saturated rings. The molecular weight excluding hydrogens is 329 g/mol. The maximum Gasteiger partial charge on any atom is 0.115 e. The molecule has 0 aliphatic rings. The molecule has 1 aromatic carbocycles. The SMILES string of the molecule is CC.[B]c1c(C)c(C)cc2c1cnn2PI. The molecule has 2 aromatic rings. The Bertz CT molecular complexity index is 496. The van der Waals surface area contributed by atoms with Gasteiger partial charge in [0.2, 0.25) is 0 Å². The lowest BCUT2D eigenvalue weighted by molar-refractivity contribution is 1.04. The maximum atomic E-state index is 6.03. The van der Waals surface area contributed by atoms with Crippen molar-refractivity contribution in [1.82, 2.24) is 9.55 Å². The highest BCUT2D eigenvalue weighted by Crippen LogP contribution is 2.28. The quantitative estimate of drug-likeness (QED) is 0.441. The van der Waals surface area contributed by atoms with E-state index in [1.165, 1.54) is 5.56 Å². The van der Waals surface area contributed by atoms with E-state index >= 15 is 0 Å². The highest BCUT2D eigenvalue weighted by Gasteiger charge is 2.07. The smallest absolute Gasteiger partial charge is 0.115 e. The average molecular weight is 344 g/mol. The lowest BCUT2D eigenvalue weighted by Gasteiger charge is -2.07. The molecule has 2 radical (unpaired) electrons. The van der Waals surface area contributed by atoms with Crippen molar-refractivity contribution in [1.29, 1.82) is 0 Å². The van der Waals surface area contributed by atoms with Crippen molar-refractivity contribution >= 4 is 52.6 Å². The van der Waals surface area contributed by atoms with Crippen molar-refractivity contribution in [3.63, 3.8) is 0 Å². The van der Waals surface area contributed by atoms with Crippen LogP contribution in [0.25, 0.3) is 10.9 Å². The standard InChI is InChI=1S/C9H9BIN2P.C2H6/c1-5-3-8-7(9(10)6(5)2)4-12-13(8)14-11;1-2/h3-4,14H,1-2H3;1-2H3. The molecule has 84 valence electrons. The van der Waals surface area contributed by atoms with E-state index in [0.29, 0.717) is 6.37 Å². The van der Waals surface area contributed by atoms with Crippen LogP contribution in [0.2, 0.25) is 0 Å². The van der Waals surface area contributed by atoms with E-state index in [1.807, 2.05) is 31.4 Å². The second-order valence-electron chi connectivity index (χ2n) is 3.31. The first kappa shape index (κ1) is 14.0. The van der Waals surface area contributed by atoms with E-state index in [9.17, 15) is 0 Å². The summed E-state index contributed by atoms with van der Waals surface area (Å²) in [5.74, 6) is 0. The van der Waals surface area contributed by atoms with Crippen molar-refractivity contribution in [2.75, 3.05) is 0 Å². The summed E-state index contributed by atoms with van der Waals surface area (Å²) in [5.41, 5.74) is 4.39. The molecule has 1 aromatic heterocycles. The molecule has 0 amide bonds. The van der Waals surface area contributed by atoms with Crippen LogP contribution in [0.1, 0.15) is 25.0 Å². The zero-order chi connectivity index (χ0) is 12.3. The largest absolute Gasteiger partial charge is 0.237 e. The van der Waals surface area contributed by atoms with E-state index < -0.39 is 0 Å². The number of hydrogen-bond acceptors (Lipinski definition) is 1. The Balaban J connectivity index is 0.000000606. The van der Waals surface area contributed by atoms with Crippen LogP contribution in [0.3, 0.4) is 0 Å². The monoisotopic (exact) mass is 344 g/mol. The van der Waals surface area contributed by atoms with Gasteiger partial charge in [-0.2, -0.15) is 5.10 Å². The van der Waals surface area contributed by atoms with Crippen LogP contribution in [-0.4, -0.2) is 17.4 Å². The fourth-order valence-corrected chi connectivity index (χ4v) is 3.03. The summed E-state index contributed by atoms with van der Waals surface area (Å²) in [6.45, 7) is 8.13. The number of nitrogens with zero attached hydrogens (tertiary/aromatic N) is 2. The molecule has 0 saturated carbocycles. The molecule has 2 rings (SSSR count). The Morgan fingerprint density at radius 3 is 2.56 bits per heavy atom. The van der Waals surface area contributed by atoms with Gasteiger partial charge in [0.25, 0.3) is 0 Å². The zero-order valence-electron chi connectivity index (χ0n) is 10.0. The maximum absolute atomic E-state index is 6.03. The Kier molecular flexibility index (Phi) is 5.25. The topological polar surface area (TPSA) is 17.8 Å². The van der Waals surface area contributed by atoms with E-state index in [-0.39, 0.29) is 0 Å². The van der Waals surface area contributed by atoms with E-state index in [0.717, 1.165) is 21.9 Å². The van der Waals surface area contributed by atoms with E-state index in [4.69, 9.17) is 7.85 Å². The zero-order valence-corrected chi connectivity index (χ0v) is 13.2. The number of aromatic nitrogens is 2. The minimum Gasteiger partial charge on any atom is -0.237 e. The number of rotatable bonds is 1. The van der Waals surface area contributed by atoms with Crippen LogP contribution >= 0.6 is 28.4 Å². The first-order valence-electron chi connectivity index (χ1n) is 5.25. The van der Waals surface area contributed by atoms with Gasteiger partial charge >= 0.3 is 0 Å². The Labute approximate surface area is 113 Å². The Morgan fingerprint density at radius 1 is 1.38 bits per heavy atom. The minimum atomic E-state index is 0.618. The fraction of sp³-hybridized carbons (Fsp3) is 0.364. The summed E-state index contributed by atoms with van der Waals surface area (Å²) in [7, 11) is 6.03. The fourth-order valence-electron chi connectivity index (χ4n) is 1.50. The molecule has 2 nitrogen and oxygen atoms in total. The predicted molar refractivity (Wildman–Crippen MR) is 83.7 cm³/mol. The van der Waals surface area contributed by atoms with Crippen LogP contribution in [0.15, 0.2) is 12.3 Å². The number of hydrogen-bond donors (Lipinski definition) is 0. The van der Waals surface area contributed by atoms with Gasteiger partial charge < -0.3 is 0 Å². The highest BCUT2D eigenvalue weighted by molar-refractivity contribution is 14.2. The molecule has 0 spiro atoms. The third-order valence-electron chi connectivity index (χ3n) is 2.53. The molecule has 0 aliphatic carbocycles. The lowest BCUT2D eigenvalue weighted by Crippen LogP contribution is -2.09. The van der Waals surface area contributed by atoms with Gasteiger partial charge in [-0.1, -0.05) is 24.9 Å². The van der Waals surface area contributed by atoms with E-state index in [2.05, 4.69) is 40.1 Å². The predicted octanol–water partition coefficient (Wildman–Crippen LogP) is 3.26. The van der Waals surface area contributed by atoms with Crippen molar-refractivity contribution in [2.24, 2.45) is 0 Å². The van der Waals surface area contributed by atoms with Crippen LogP contribution in [0, 0.1) is 13.8 Å². The van der Waals surface area contributed by atoms with Gasteiger partial charge in [-0.3, -0.25) is 0 Å². The van der Waals surface area contributed by atoms with Crippen LogP contribution in [0.5, 0.6) is 0 Å². The summed E-state index contributed by atoms with van der Waals surface area (Å²) in [5, 5.41) is 5.37. The van der Waals surface area contributed by atoms with Gasteiger partial charge in [-0.25, -0.2) is 4.45 Å². The first-order chi connectivity index (χ1) is 7.65. The van der Waals surface area contributed by atoms with Crippen molar-refractivity contribution in [3.8, 4) is 0 Å². The average Bonchev–Trinajstić information content (AvgIpc) is 2.71. The molecular formula is C11H15BIN2P. The van der Waals surface area contributed by atoms with E-state index in [1.54, 1.807) is 0 Å². The summed E-state index contributed by atoms with van der Waals surface area (Å²) in [6.07, 6.45) is 2.47. The van der Waals surface area contributed by atoms with Gasteiger partial charge in [-0.05, 0) is 47.5 Å². The van der Waals surface area contributed by atoms with Crippen molar-refractivity contribution in [3.05, 3.63) is 23.4 Å². The van der Waals surface area contributed by atoms with Crippen LogP contribution < -0.4 is 5.46 Å². The molecule has 0 bridgehead atoms. The summed E-state index contributed by atoms with van der Waals surface area (Å²) < 4.78 is 1.98. The van der Waals surface area contributed by atoms with Crippen molar-refractivity contribution in [2.45, 2.75) is 27.7 Å². The number of fused-ring (bicyclic) bond motifs is 1. The normalized spacial score (nSPS) is 10.8. The van der Waals surface area contributed by atoms with Crippen LogP contribution in [0.4, 0.5) is 0 Å². The summed E-state index contributed by atoms with van der Waals surface area (Å²) in [4.78, 5) is 0. The minimum absolute atomic E-state index is 0.618. The van der Waals surface area contributed by atoms with Crippen LogP contribution in [-0.2, 0) is 0 Å². The number of benzene rings is 1. The second-order valence-corrected chi connectivity index (χ2v) is 5.35. The van der Waals surface area contributed by atoms with Gasteiger partial charge in [0.1, 0.15) is 7.85 Å². The molecule has 0 aliphatic heterocycles. The lowest BCUT2D eigenvalue weighted by atomic mass is 9.86. The van der Waals surface area contributed by atoms with Crippen molar-refractivity contribution < 1.29 is 0 Å².